The Hall–Kier alpha value is -2.41. The van der Waals surface area contributed by atoms with Crippen LogP contribution in [0.15, 0.2) is 103 Å². The van der Waals surface area contributed by atoms with Gasteiger partial charge in [0.05, 0.1) is 6.16 Å². The van der Waals surface area contributed by atoms with Gasteiger partial charge in [-0.25, -0.2) is 7.14 Å². The second-order valence-electron chi connectivity index (χ2n) is 7.52. The second-order valence-corrected chi connectivity index (χ2v) is 10.9. The maximum Gasteiger partial charge on any atom is 0.144 e. The van der Waals surface area contributed by atoms with Crippen LogP contribution in [0.1, 0.15) is 11.1 Å². The number of rotatable bonds is 5. The molecular weight excluding hydrogens is 358 g/mol. The smallest absolute Gasteiger partial charge is 0.144 e. The summed E-state index contributed by atoms with van der Waals surface area (Å²) in [6, 6.07) is 34.3. The van der Waals surface area contributed by atoms with Crippen LogP contribution < -0.4 is 5.30 Å². The fraction of sp³-hybridized carbons (Fsp3) is 0.120. The molecule has 137 valence electrons. The largest absolute Gasteiger partial charge is 0.377 e. The first kappa shape index (κ1) is 18.9. The minimum absolute atomic E-state index is 0.474. The van der Waals surface area contributed by atoms with E-state index in [0.717, 1.165) is 16.4 Å². The van der Waals surface area contributed by atoms with Gasteiger partial charge in [-0.2, -0.15) is 0 Å². The zero-order valence-electron chi connectivity index (χ0n) is 16.0. The molecule has 3 heteroatoms. The van der Waals surface area contributed by atoms with Crippen LogP contribution in [-0.4, -0.2) is 25.5 Å². The van der Waals surface area contributed by atoms with E-state index in [0.29, 0.717) is 6.16 Å². The Labute approximate surface area is 168 Å². The topological polar surface area (TPSA) is 20.2 Å². The molecule has 0 aliphatic heterocycles. The van der Waals surface area contributed by atoms with Crippen LogP contribution >= 0.6 is 7.14 Å². The van der Waals surface area contributed by atoms with E-state index in [9.17, 15) is 5.11 Å². The number of hydrogen-bond acceptors (Lipinski definition) is 1. The van der Waals surface area contributed by atoms with Gasteiger partial charge in [0.2, 0.25) is 0 Å². The quantitative estimate of drug-likeness (QED) is 0.375. The van der Waals surface area contributed by atoms with Crippen molar-refractivity contribution in [2.75, 3.05) is 12.8 Å². The first-order valence-electron chi connectivity index (χ1n) is 9.47. The molecule has 0 spiro atoms. The van der Waals surface area contributed by atoms with E-state index >= 15 is 0 Å². The molecule has 0 amide bonds. The third-order valence-electron chi connectivity index (χ3n) is 5.38. The summed E-state index contributed by atoms with van der Waals surface area (Å²) in [7, 11) is 4.87. The average Bonchev–Trinajstić information content (AvgIpc) is 2.74. The first-order chi connectivity index (χ1) is 13.5. The minimum atomic E-state index is -2.14. The molecule has 4 aromatic carbocycles. The Morgan fingerprint density at radius 1 is 0.714 bits per heavy atom. The molecule has 0 aliphatic carbocycles. The van der Waals surface area contributed by atoms with Crippen LogP contribution in [0.2, 0.25) is 0 Å². The summed E-state index contributed by atoms with van der Waals surface area (Å²) < 4.78 is 0. The molecule has 4 rings (SSSR count). The van der Waals surface area contributed by atoms with Crippen LogP contribution in [0.4, 0.5) is 0 Å². The molecule has 0 saturated heterocycles. The average molecular weight is 381 g/mol. The molecule has 0 saturated carbocycles. The number of fused-ring (bicyclic) bond motifs is 1. The summed E-state index contributed by atoms with van der Waals surface area (Å²) in [6.45, 7) is 2.12. The molecule has 28 heavy (non-hydrogen) atoms. The Morgan fingerprint density at radius 2 is 1.21 bits per heavy atom. The van der Waals surface area contributed by atoms with Gasteiger partial charge in [-0.15, -0.1) is 0 Å². The Bertz CT molecular complexity index is 1030. The maximum atomic E-state index is 12.0. The highest BCUT2D eigenvalue weighted by Crippen LogP contribution is 2.55. The van der Waals surface area contributed by atoms with Gasteiger partial charge in [0.1, 0.15) is 5.60 Å². The number of aliphatic hydroxyl groups is 1. The zero-order valence-corrected chi connectivity index (χ0v) is 16.9. The minimum Gasteiger partial charge on any atom is -0.377 e. The first-order valence-corrected chi connectivity index (χ1v) is 12.0. The lowest BCUT2D eigenvalue weighted by Crippen LogP contribution is -2.35. The molecule has 0 aliphatic rings. The summed E-state index contributed by atoms with van der Waals surface area (Å²) in [5.74, 6) is 0. The van der Waals surface area contributed by atoms with E-state index in [1.807, 2.05) is 72.8 Å². The van der Waals surface area contributed by atoms with E-state index < -0.39 is 12.7 Å². The van der Waals surface area contributed by atoms with Crippen molar-refractivity contribution in [3.63, 3.8) is 0 Å². The van der Waals surface area contributed by atoms with Gasteiger partial charge in [0.25, 0.3) is 0 Å². The van der Waals surface area contributed by atoms with Crippen molar-refractivity contribution in [2.24, 2.45) is 0 Å². The highest BCUT2D eigenvalue weighted by molar-refractivity contribution is 8.02. The summed E-state index contributed by atoms with van der Waals surface area (Å²) in [5, 5.41) is 15.5. The van der Waals surface area contributed by atoms with Gasteiger partial charge >= 0.3 is 0 Å². The van der Waals surface area contributed by atoms with E-state index in [2.05, 4.69) is 37.0 Å². The molecular formula is C25H23BOP. The van der Waals surface area contributed by atoms with Gasteiger partial charge in [0.15, 0.2) is 0 Å². The third kappa shape index (κ3) is 3.51. The zero-order chi connectivity index (χ0) is 19.6. The Morgan fingerprint density at radius 3 is 1.82 bits per heavy atom. The van der Waals surface area contributed by atoms with Crippen molar-refractivity contribution in [3.05, 3.63) is 114 Å². The van der Waals surface area contributed by atoms with Gasteiger partial charge in [-0.3, -0.25) is 7.57 Å². The Kier molecular flexibility index (Phi) is 5.10. The van der Waals surface area contributed by atoms with Crippen molar-refractivity contribution in [1.82, 2.24) is 0 Å². The number of benzene rings is 4. The fourth-order valence-electron chi connectivity index (χ4n) is 3.99. The predicted molar refractivity (Wildman–Crippen MR) is 123 cm³/mol. The summed E-state index contributed by atoms with van der Waals surface area (Å²) >= 11 is 0. The molecule has 0 heterocycles. The van der Waals surface area contributed by atoms with Crippen molar-refractivity contribution in [3.8, 4) is 0 Å². The van der Waals surface area contributed by atoms with Gasteiger partial charge < -0.3 is 5.11 Å². The standard InChI is InChI=1S/C25H23BOP/c1-28(26,24-18-10-12-20-11-8-9-17-23(20)24)19-25(27,21-13-4-2-5-14-21)22-15-6-3-7-16-22/h2-18,27H,19H2,1H3. The monoisotopic (exact) mass is 381 g/mol. The van der Waals surface area contributed by atoms with Crippen molar-refractivity contribution in [1.29, 1.82) is 0 Å². The van der Waals surface area contributed by atoms with Crippen LogP contribution in [0.3, 0.4) is 0 Å². The van der Waals surface area contributed by atoms with Crippen molar-refractivity contribution >= 4 is 30.8 Å². The van der Waals surface area contributed by atoms with Gasteiger partial charge in [-0.05, 0) is 22.6 Å². The lowest BCUT2D eigenvalue weighted by Gasteiger charge is -2.41. The maximum absolute atomic E-state index is 12.0. The molecule has 0 bridgehead atoms. The normalized spacial score (nSPS) is 14.0. The lowest BCUT2D eigenvalue weighted by molar-refractivity contribution is 0.106. The highest BCUT2D eigenvalue weighted by atomic mass is 31.2. The lowest BCUT2D eigenvalue weighted by atomic mass is 9.88. The van der Waals surface area contributed by atoms with E-state index in [1.165, 1.54) is 10.8 Å². The molecule has 1 N–H and O–H groups in total. The molecule has 3 radical (unpaired) electrons. The molecule has 4 aromatic rings. The van der Waals surface area contributed by atoms with Crippen LogP contribution in [-0.2, 0) is 5.60 Å². The predicted octanol–water partition coefficient (Wildman–Crippen LogP) is 5.13. The van der Waals surface area contributed by atoms with Crippen molar-refractivity contribution < 1.29 is 5.11 Å². The van der Waals surface area contributed by atoms with Crippen LogP contribution in [0.25, 0.3) is 10.8 Å². The van der Waals surface area contributed by atoms with Gasteiger partial charge in [0, 0.05) is 17.4 Å². The molecule has 1 nitrogen and oxygen atoms in total. The van der Waals surface area contributed by atoms with Crippen LogP contribution in [0.5, 0.6) is 0 Å². The molecule has 0 fully saturated rings. The fourth-order valence-corrected chi connectivity index (χ4v) is 6.66. The molecule has 0 aromatic heterocycles. The van der Waals surface area contributed by atoms with Gasteiger partial charge in [-0.1, -0.05) is 97.1 Å². The molecule has 1 atom stereocenters. The second kappa shape index (κ2) is 7.55. The van der Waals surface area contributed by atoms with Crippen molar-refractivity contribution in [2.45, 2.75) is 5.60 Å². The summed E-state index contributed by atoms with van der Waals surface area (Å²) in [4.78, 5) is 0. The summed E-state index contributed by atoms with van der Waals surface area (Å²) in [6.07, 6.45) is 0.474. The number of hydrogen-bond donors (Lipinski definition) is 1. The van der Waals surface area contributed by atoms with Crippen LogP contribution in [0, 0.1) is 0 Å². The SMILES string of the molecule is [B-][P+](C)(CC(O)(c1ccccc1)c1ccccc1)c1cccc2ccccc12. The van der Waals surface area contributed by atoms with E-state index in [4.69, 9.17) is 7.57 Å². The van der Waals surface area contributed by atoms with E-state index in [1.54, 1.807) is 0 Å². The third-order valence-corrected chi connectivity index (χ3v) is 7.98. The molecule has 1 unspecified atom stereocenters. The Balaban J connectivity index is 1.84. The van der Waals surface area contributed by atoms with E-state index in [-0.39, 0.29) is 0 Å². The summed E-state index contributed by atoms with van der Waals surface area (Å²) in [5.41, 5.74) is 0.604. The highest BCUT2D eigenvalue weighted by Gasteiger charge is 2.38.